The molecule has 0 atom stereocenters. The summed E-state index contributed by atoms with van der Waals surface area (Å²) in [7, 11) is 7.90. The molecule has 9 nitrogen and oxygen atoms in total. The van der Waals surface area contributed by atoms with Gasteiger partial charge in [0.25, 0.3) is 11.8 Å². The Kier molecular flexibility index (Phi) is 9.45. The highest BCUT2D eigenvalue weighted by atomic mass is 16.2. The molecule has 4 aromatic carbocycles. The Morgan fingerprint density at radius 3 is 1.61 bits per heavy atom. The number of hydrogen-bond acceptors (Lipinski definition) is 7. The maximum atomic E-state index is 12.8. The van der Waals surface area contributed by atoms with E-state index in [-0.39, 0.29) is 11.8 Å². The quantitative estimate of drug-likeness (QED) is 0.190. The summed E-state index contributed by atoms with van der Waals surface area (Å²) in [5.41, 5.74) is 11.3. The van der Waals surface area contributed by atoms with Crippen LogP contribution in [-0.2, 0) is 0 Å². The third-order valence-electron chi connectivity index (χ3n) is 6.18. The first-order valence-electron chi connectivity index (χ1n) is 13.0. The molecular weight excluding hydrogens is 514 g/mol. The molecule has 0 aliphatic heterocycles. The van der Waals surface area contributed by atoms with E-state index in [1.807, 2.05) is 92.6 Å². The zero-order valence-electron chi connectivity index (χ0n) is 23.5. The third kappa shape index (κ3) is 8.03. The van der Waals surface area contributed by atoms with Crippen LogP contribution in [0.25, 0.3) is 0 Å². The van der Waals surface area contributed by atoms with Gasteiger partial charge in [0.15, 0.2) is 0 Å². The molecular formula is C32H33N7O2. The van der Waals surface area contributed by atoms with Gasteiger partial charge in [-0.2, -0.15) is 10.2 Å². The van der Waals surface area contributed by atoms with Gasteiger partial charge in [-0.1, -0.05) is 36.4 Å². The lowest BCUT2D eigenvalue weighted by Gasteiger charge is -2.12. The second-order valence-corrected chi connectivity index (χ2v) is 9.62. The molecule has 0 aromatic heterocycles. The van der Waals surface area contributed by atoms with Crippen molar-refractivity contribution in [1.82, 2.24) is 10.9 Å². The van der Waals surface area contributed by atoms with Crippen molar-refractivity contribution in [3.63, 3.8) is 0 Å². The van der Waals surface area contributed by atoms with Gasteiger partial charge in [0.1, 0.15) is 0 Å². The van der Waals surface area contributed by atoms with E-state index >= 15 is 0 Å². The number of hydrogen-bond donors (Lipinski definition) is 3. The fourth-order valence-electron chi connectivity index (χ4n) is 3.82. The van der Waals surface area contributed by atoms with E-state index < -0.39 is 0 Å². The molecule has 0 unspecified atom stereocenters. The molecule has 2 amide bonds. The molecule has 3 N–H and O–H groups in total. The minimum absolute atomic E-state index is 0.327. The maximum absolute atomic E-state index is 12.8. The molecule has 0 spiro atoms. The Morgan fingerprint density at radius 1 is 0.610 bits per heavy atom. The second-order valence-electron chi connectivity index (χ2n) is 9.62. The molecule has 9 heteroatoms. The molecule has 0 aliphatic carbocycles. The van der Waals surface area contributed by atoms with E-state index in [4.69, 9.17) is 0 Å². The van der Waals surface area contributed by atoms with Crippen LogP contribution in [0.15, 0.2) is 107 Å². The molecule has 0 radical (unpaired) electrons. The molecule has 0 saturated carbocycles. The van der Waals surface area contributed by atoms with Crippen LogP contribution in [-0.4, -0.2) is 52.4 Å². The Bertz CT molecular complexity index is 1530. The van der Waals surface area contributed by atoms with Crippen molar-refractivity contribution in [2.45, 2.75) is 0 Å². The fourth-order valence-corrected chi connectivity index (χ4v) is 3.82. The van der Waals surface area contributed by atoms with E-state index in [9.17, 15) is 9.59 Å². The Balaban J connectivity index is 1.33. The molecule has 208 valence electrons. The first-order chi connectivity index (χ1) is 19.8. The first-order valence-corrected chi connectivity index (χ1v) is 13.0. The number of rotatable bonds is 10. The van der Waals surface area contributed by atoms with Crippen LogP contribution >= 0.6 is 0 Å². The maximum Gasteiger partial charge on any atom is 0.273 e. The van der Waals surface area contributed by atoms with Crippen molar-refractivity contribution in [1.29, 1.82) is 0 Å². The minimum Gasteiger partial charge on any atom is -0.378 e. The highest BCUT2D eigenvalue weighted by Gasteiger charge is 2.11. The number of carbonyl (C=O) groups is 2. The predicted molar refractivity (Wildman–Crippen MR) is 168 cm³/mol. The molecule has 0 saturated heterocycles. The number of amides is 2. The van der Waals surface area contributed by atoms with Crippen LogP contribution in [0.5, 0.6) is 0 Å². The average Bonchev–Trinajstić information content (AvgIpc) is 2.98. The van der Waals surface area contributed by atoms with Crippen LogP contribution in [0.2, 0.25) is 0 Å². The van der Waals surface area contributed by atoms with Gasteiger partial charge in [0, 0.05) is 50.8 Å². The summed E-state index contributed by atoms with van der Waals surface area (Å²) < 4.78 is 0. The lowest BCUT2D eigenvalue weighted by atomic mass is 10.1. The van der Waals surface area contributed by atoms with Crippen LogP contribution in [0.4, 0.5) is 22.7 Å². The second kappa shape index (κ2) is 13.6. The molecule has 4 rings (SSSR count). The lowest BCUT2D eigenvalue weighted by Crippen LogP contribution is -2.19. The van der Waals surface area contributed by atoms with Gasteiger partial charge in [-0.25, -0.2) is 10.9 Å². The van der Waals surface area contributed by atoms with Gasteiger partial charge in [0.05, 0.1) is 23.7 Å². The number of hydrazone groups is 2. The summed E-state index contributed by atoms with van der Waals surface area (Å²) in [5.74, 6) is -0.675. The zero-order valence-corrected chi connectivity index (χ0v) is 23.5. The summed E-state index contributed by atoms with van der Waals surface area (Å²) in [5, 5.41) is 11.4. The van der Waals surface area contributed by atoms with E-state index in [0.29, 0.717) is 16.8 Å². The van der Waals surface area contributed by atoms with Gasteiger partial charge in [0.2, 0.25) is 0 Å². The number of benzene rings is 4. The average molecular weight is 548 g/mol. The molecule has 0 aliphatic rings. The van der Waals surface area contributed by atoms with Crippen molar-refractivity contribution in [2.24, 2.45) is 10.2 Å². The van der Waals surface area contributed by atoms with E-state index in [1.54, 1.807) is 54.9 Å². The summed E-state index contributed by atoms with van der Waals surface area (Å²) in [4.78, 5) is 29.4. The van der Waals surface area contributed by atoms with Crippen molar-refractivity contribution in [3.8, 4) is 0 Å². The van der Waals surface area contributed by atoms with Gasteiger partial charge in [-0.05, 0) is 71.8 Å². The van der Waals surface area contributed by atoms with Gasteiger partial charge < -0.3 is 15.1 Å². The summed E-state index contributed by atoms with van der Waals surface area (Å²) in [6.45, 7) is 0. The standard InChI is InChI=1S/C32H33N7O2/c1-38(2)27-17-9-23(10-18-27)21-33-36-31(40)25-13-15-26(16-14-25)35-30-8-6-5-7-29(30)32(41)37-34-22-24-11-19-28(20-12-24)39(3)4/h5-22,35H,1-4H3,(H,36,40)(H,37,41)/b33-21+,34-22+. The molecule has 41 heavy (non-hydrogen) atoms. The minimum atomic E-state index is -0.348. The van der Waals surface area contributed by atoms with Gasteiger partial charge >= 0.3 is 0 Å². The van der Waals surface area contributed by atoms with Crippen molar-refractivity contribution in [2.75, 3.05) is 43.3 Å². The van der Waals surface area contributed by atoms with Crippen molar-refractivity contribution < 1.29 is 9.59 Å². The van der Waals surface area contributed by atoms with Crippen LogP contribution in [0.3, 0.4) is 0 Å². The number of para-hydroxylation sites is 1. The van der Waals surface area contributed by atoms with Crippen LogP contribution < -0.4 is 26.0 Å². The molecule has 0 fully saturated rings. The SMILES string of the molecule is CN(C)c1ccc(/C=N/NC(=O)c2ccc(Nc3ccccc3C(=O)N/N=C/c3ccc(N(C)C)cc3)cc2)cc1. The molecule has 4 aromatic rings. The third-order valence-corrected chi connectivity index (χ3v) is 6.18. The lowest BCUT2D eigenvalue weighted by molar-refractivity contribution is 0.0947. The highest BCUT2D eigenvalue weighted by molar-refractivity contribution is 6.01. The number of anilines is 4. The van der Waals surface area contributed by atoms with Gasteiger partial charge in [-0.3, -0.25) is 9.59 Å². The van der Waals surface area contributed by atoms with E-state index in [2.05, 4.69) is 26.4 Å². The first kappa shape index (κ1) is 28.6. The number of nitrogens with zero attached hydrogens (tertiary/aromatic N) is 4. The van der Waals surface area contributed by atoms with E-state index in [0.717, 1.165) is 28.2 Å². The zero-order chi connectivity index (χ0) is 29.2. The van der Waals surface area contributed by atoms with E-state index in [1.165, 1.54) is 0 Å². The fraction of sp³-hybridized carbons (Fsp3) is 0.125. The topological polar surface area (TPSA) is 101 Å². The van der Waals surface area contributed by atoms with Gasteiger partial charge in [-0.15, -0.1) is 0 Å². The largest absolute Gasteiger partial charge is 0.378 e. The Hall–Kier alpha value is -5.44. The van der Waals surface area contributed by atoms with Crippen molar-refractivity contribution >= 4 is 47.0 Å². The predicted octanol–water partition coefficient (Wildman–Crippen LogP) is 5.09. The summed E-state index contributed by atoms with van der Waals surface area (Å²) in [6, 6.07) is 29.7. The molecule has 0 heterocycles. The Morgan fingerprint density at radius 2 is 1.10 bits per heavy atom. The van der Waals surface area contributed by atoms with Crippen molar-refractivity contribution in [3.05, 3.63) is 119 Å². The molecule has 0 bridgehead atoms. The highest BCUT2D eigenvalue weighted by Crippen LogP contribution is 2.21. The Labute approximate surface area is 240 Å². The normalized spacial score (nSPS) is 10.9. The summed E-state index contributed by atoms with van der Waals surface area (Å²) in [6.07, 6.45) is 3.20. The number of nitrogens with one attached hydrogen (secondary N) is 3. The number of carbonyl (C=O) groups excluding carboxylic acids is 2. The van der Waals surface area contributed by atoms with Crippen LogP contribution in [0, 0.1) is 0 Å². The smallest absolute Gasteiger partial charge is 0.273 e. The van der Waals surface area contributed by atoms with Crippen LogP contribution in [0.1, 0.15) is 31.8 Å². The monoisotopic (exact) mass is 547 g/mol. The summed E-state index contributed by atoms with van der Waals surface area (Å²) >= 11 is 0.